The molecule has 0 saturated carbocycles. The number of pyridine rings is 1. The topological polar surface area (TPSA) is 12.9 Å². The molecular formula is C9H10ClNS. The van der Waals surface area contributed by atoms with Gasteiger partial charge in [-0.1, -0.05) is 11.6 Å². The van der Waals surface area contributed by atoms with E-state index < -0.39 is 0 Å². The van der Waals surface area contributed by atoms with Crippen LogP contribution in [-0.2, 0) is 0 Å². The number of aromatic nitrogens is 1. The summed E-state index contributed by atoms with van der Waals surface area (Å²) in [6.45, 7) is 0. The molecule has 1 unspecified atom stereocenters. The summed E-state index contributed by atoms with van der Waals surface area (Å²) >= 11 is 7.82. The Kier molecular flexibility index (Phi) is 2.57. The molecule has 0 N–H and O–H groups in total. The van der Waals surface area contributed by atoms with Crippen molar-refractivity contribution in [2.24, 2.45) is 0 Å². The summed E-state index contributed by atoms with van der Waals surface area (Å²) in [7, 11) is 0. The molecule has 0 spiro atoms. The Morgan fingerprint density at radius 3 is 3.17 bits per heavy atom. The van der Waals surface area contributed by atoms with Crippen molar-refractivity contribution < 1.29 is 0 Å². The summed E-state index contributed by atoms with van der Waals surface area (Å²) in [5, 5.41) is 1.27. The second-order valence-electron chi connectivity index (χ2n) is 2.91. The molecule has 12 heavy (non-hydrogen) atoms. The van der Waals surface area contributed by atoms with Gasteiger partial charge in [-0.15, -0.1) is 0 Å². The third-order valence-electron chi connectivity index (χ3n) is 2.05. The first kappa shape index (κ1) is 8.39. The Hall–Kier alpha value is -0.210. The summed E-state index contributed by atoms with van der Waals surface area (Å²) < 4.78 is 0. The molecule has 1 fully saturated rings. The Morgan fingerprint density at radius 2 is 2.50 bits per heavy atom. The molecule has 1 aliphatic heterocycles. The van der Waals surface area contributed by atoms with Crippen LogP contribution in [0.25, 0.3) is 0 Å². The highest BCUT2D eigenvalue weighted by atomic mass is 35.5. The van der Waals surface area contributed by atoms with E-state index in [0.717, 1.165) is 0 Å². The molecular weight excluding hydrogens is 190 g/mol. The van der Waals surface area contributed by atoms with Crippen molar-refractivity contribution in [2.75, 3.05) is 5.75 Å². The molecule has 0 radical (unpaired) electrons. The molecule has 64 valence electrons. The van der Waals surface area contributed by atoms with Crippen molar-refractivity contribution in [2.45, 2.75) is 18.1 Å². The Morgan fingerprint density at radius 1 is 1.58 bits per heavy atom. The fourth-order valence-corrected chi connectivity index (χ4v) is 2.93. The van der Waals surface area contributed by atoms with Crippen molar-refractivity contribution in [1.29, 1.82) is 0 Å². The molecule has 0 bridgehead atoms. The van der Waals surface area contributed by atoms with Crippen molar-refractivity contribution in [3.8, 4) is 0 Å². The highest BCUT2D eigenvalue weighted by molar-refractivity contribution is 7.99. The van der Waals surface area contributed by atoms with Crippen LogP contribution in [0.15, 0.2) is 18.3 Å². The summed E-state index contributed by atoms with van der Waals surface area (Å²) in [5.41, 5.74) is 1.33. The van der Waals surface area contributed by atoms with Gasteiger partial charge in [0.1, 0.15) is 5.15 Å². The van der Waals surface area contributed by atoms with Crippen LogP contribution in [0.4, 0.5) is 0 Å². The molecule has 1 saturated heterocycles. The van der Waals surface area contributed by atoms with Crippen LogP contribution in [0.5, 0.6) is 0 Å². The monoisotopic (exact) mass is 199 g/mol. The zero-order valence-electron chi connectivity index (χ0n) is 6.66. The lowest BCUT2D eigenvalue weighted by Crippen LogP contribution is -1.88. The van der Waals surface area contributed by atoms with Gasteiger partial charge in [-0.25, -0.2) is 4.98 Å². The molecule has 0 amide bonds. The van der Waals surface area contributed by atoms with E-state index in [1.165, 1.54) is 24.2 Å². The quantitative estimate of drug-likeness (QED) is 0.644. The molecule has 1 aromatic rings. The van der Waals surface area contributed by atoms with E-state index >= 15 is 0 Å². The van der Waals surface area contributed by atoms with Crippen LogP contribution in [0.2, 0.25) is 5.15 Å². The highest BCUT2D eigenvalue weighted by Gasteiger charge is 2.17. The summed E-state index contributed by atoms with van der Waals surface area (Å²) in [6, 6.07) is 4.04. The standard InChI is InChI=1S/C9H10ClNS/c10-9-6-7(3-4-11-9)8-2-1-5-12-8/h3-4,6,8H,1-2,5H2. The Bertz CT molecular complexity index is 271. The molecule has 1 aromatic heterocycles. The van der Waals surface area contributed by atoms with E-state index in [4.69, 9.17) is 11.6 Å². The summed E-state index contributed by atoms with van der Waals surface area (Å²) in [5.74, 6) is 1.28. The maximum absolute atomic E-state index is 5.80. The summed E-state index contributed by atoms with van der Waals surface area (Å²) in [6.07, 6.45) is 4.40. The maximum Gasteiger partial charge on any atom is 0.129 e. The first-order chi connectivity index (χ1) is 5.86. The van der Waals surface area contributed by atoms with E-state index in [-0.39, 0.29) is 0 Å². The third-order valence-corrected chi connectivity index (χ3v) is 3.69. The number of hydrogen-bond donors (Lipinski definition) is 0. The molecule has 2 heterocycles. The first-order valence-corrected chi connectivity index (χ1v) is 5.52. The van der Waals surface area contributed by atoms with Gasteiger partial charge in [-0.2, -0.15) is 11.8 Å². The normalized spacial score (nSPS) is 22.9. The number of nitrogens with zero attached hydrogens (tertiary/aromatic N) is 1. The van der Waals surface area contributed by atoms with Crippen LogP contribution in [0, 0.1) is 0 Å². The van der Waals surface area contributed by atoms with Gasteiger partial charge in [-0.3, -0.25) is 0 Å². The minimum Gasteiger partial charge on any atom is -0.245 e. The first-order valence-electron chi connectivity index (χ1n) is 4.09. The van der Waals surface area contributed by atoms with Gasteiger partial charge in [0, 0.05) is 11.4 Å². The lowest BCUT2D eigenvalue weighted by atomic mass is 10.1. The van der Waals surface area contributed by atoms with E-state index in [1.807, 2.05) is 17.8 Å². The average molecular weight is 200 g/mol. The second-order valence-corrected chi connectivity index (χ2v) is 4.61. The number of hydrogen-bond acceptors (Lipinski definition) is 2. The molecule has 0 aromatic carbocycles. The second kappa shape index (κ2) is 3.67. The molecule has 0 aliphatic carbocycles. The molecule has 2 rings (SSSR count). The summed E-state index contributed by atoms with van der Waals surface area (Å²) in [4.78, 5) is 3.97. The van der Waals surface area contributed by atoms with Crippen LogP contribution in [0.3, 0.4) is 0 Å². The number of halogens is 1. The van der Waals surface area contributed by atoms with Gasteiger partial charge < -0.3 is 0 Å². The lowest BCUT2D eigenvalue weighted by molar-refractivity contribution is 0.828. The van der Waals surface area contributed by atoms with Gasteiger partial charge in [0.2, 0.25) is 0 Å². The zero-order chi connectivity index (χ0) is 8.39. The SMILES string of the molecule is Clc1cc(C2CCCS2)ccn1. The van der Waals surface area contributed by atoms with E-state index in [0.29, 0.717) is 10.4 Å². The predicted molar refractivity (Wildman–Crippen MR) is 53.7 cm³/mol. The van der Waals surface area contributed by atoms with E-state index in [9.17, 15) is 0 Å². The van der Waals surface area contributed by atoms with Crippen LogP contribution in [0.1, 0.15) is 23.7 Å². The fraction of sp³-hybridized carbons (Fsp3) is 0.444. The molecule has 1 atom stereocenters. The van der Waals surface area contributed by atoms with Crippen molar-refractivity contribution in [3.63, 3.8) is 0 Å². The fourth-order valence-electron chi connectivity index (χ4n) is 1.46. The minimum atomic E-state index is 0.611. The van der Waals surface area contributed by atoms with E-state index in [2.05, 4.69) is 11.1 Å². The Labute approximate surface area is 81.5 Å². The molecule has 1 nitrogen and oxygen atoms in total. The van der Waals surface area contributed by atoms with Gasteiger partial charge in [0.05, 0.1) is 0 Å². The average Bonchev–Trinajstić information content (AvgIpc) is 2.56. The van der Waals surface area contributed by atoms with Crippen molar-refractivity contribution in [3.05, 3.63) is 29.0 Å². The number of rotatable bonds is 1. The smallest absolute Gasteiger partial charge is 0.129 e. The van der Waals surface area contributed by atoms with Crippen LogP contribution < -0.4 is 0 Å². The Balaban J connectivity index is 2.21. The highest BCUT2D eigenvalue weighted by Crippen LogP contribution is 2.39. The van der Waals surface area contributed by atoms with Gasteiger partial charge in [-0.05, 0) is 36.3 Å². The van der Waals surface area contributed by atoms with Crippen molar-refractivity contribution >= 4 is 23.4 Å². The number of thioether (sulfide) groups is 1. The van der Waals surface area contributed by atoms with Crippen LogP contribution in [-0.4, -0.2) is 10.7 Å². The maximum atomic E-state index is 5.80. The van der Waals surface area contributed by atoms with Gasteiger partial charge in [0.25, 0.3) is 0 Å². The van der Waals surface area contributed by atoms with Gasteiger partial charge in [0.15, 0.2) is 0 Å². The lowest BCUT2D eigenvalue weighted by Gasteiger charge is -2.07. The van der Waals surface area contributed by atoms with Gasteiger partial charge >= 0.3 is 0 Å². The largest absolute Gasteiger partial charge is 0.245 e. The minimum absolute atomic E-state index is 0.611. The predicted octanol–water partition coefficient (Wildman–Crippen LogP) is 3.30. The van der Waals surface area contributed by atoms with Crippen LogP contribution >= 0.6 is 23.4 Å². The molecule has 1 aliphatic rings. The molecule has 3 heteroatoms. The zero-order valence-corrected chi connectivity index (χ0v) is 8.24. The van der Waals surface area contributed by atoms with E-state index in [1.54, 1.807) is 6.20 Å². The third kappa shape index (κ3) is 1.75. The van der Waals surface area contributed by atoms with Crippen molar-refractivity contribution in [1.82, 2.24) is 4.98 Å².